The number of ether oxygens (including phenoxy) is 2. The third-order valence-corrected chi connectivity index (χ3v) is 3.74. The first-order valence-electron chi connectivity index (χ1n) is 7.03. The molecule has 118 valence electrons. The maximum atomic E-state index is 8.59. The molecule has 23 heavy (non-hydrogen) atoms. The molecule has 0 aromatic heterocycles. The maximum Gasteiger partial charge on any atom is 0.161 e. The molecule has 0 heterocycles. The molecular weight excluding hydrogens is 333 g/mol. The molecule has 0 radical (unpaired) electrons. The largest absolute Gasteiger partial charge is 0.490 e. The van der Waals surface area contributed by atoms with E-state index in [1.54, 1.807) is 18.2 Å². The topological polar surface area (TPSA) is 42.2 Å². The standard InChI is InChI=1S/C18H15Cl2NO2/c1-2-22-18-11-13(4-3-9-21)6-8-17(18)23-12-14-5-7-15(19)16(20)10-14/h3-8,10-11H,2,12H2,1H3. The number of rotatable bonds is 6. The third-order valence-electron chi connectivity index (χ3n) is 3.00. The van der Waals surface area contributed by atoms with Gasteiger partial charge in [0.05, 0.1) is 22.7 Å². The van der Waals surface area contributed by atoms with Gasteiger partial charge >= 0.3 is 0 Å². The molecule has 2 rings (SSSR count). The fourth-order valence-corrected chi connectivity index (χ4v) is 2.26. The van der Waals surface area contributed by atoms with Crippen molar-refractivity contribution in [2.75, 3.05) is 6.61 Å². The van der Waals surface area contributed by atoms with Gasteiger partial charge in [0.2, 0.25) is 0 Å². The quantitative estimate of drug-likeness (QED) is 0.647. The van der Waals surface area contributed by atoms with Gasteiger partial charge < -0.3 is 9.47 Å². The number of nitriles is 1. The number of hydrogen-bond acceptors (Lipinski definition) is 3. The van der Waals surface area contributed by atoms with Crippen LogP contribution in [0.25, 0.3) is 6.08 Å². The Balaban J connectivity index is 2.16. The average Bonchev–Trinajstić information content (AvgIpc) is 2.55. The van der Waals surface area contributed by atoms with E-state index in [0.29, 0.717) is 34.8 Å². The van der Waals surface area contributed by atoms with E-state index in [0.717, 1.165) is 11.1 Å². The number of benzene rings is 2. The lowest BCUT2D eigenvalue weighted by Crippen LogP contribution is -2.00. The Morgan fingerprint density at radius 2 is 1.87 bits per heavy atom. The molecule has 0 aliphatic carbocycles. The van der Waals surface area contributed by atoms with Crippen LogP contribution in [0.3, 0.4) is 0 Å². The second-order valence-electron chi connectivity index (χ2n) is 4.64. The molecule has 0 unspecified atom stereocenters. The lowest BCUT2D eigenvalue weighted by atomic mass is 10.2. The van der Waals surface area contributed by atoms with Gasteiger partial charge in [-0.1, -0.05) is 35.3 Å². The summed E-state index contributed by atoms with van der Waals surface area (Å²) in [5.74, 6) is 1.26. The van der Waals surface area contributed by atoms with Gasteiger partial charge in [-0.3, -0.25) is 0 Å². The maximum absolute atomic E-state index is 8.59. The first-order chi connectivity index (χ1) is 11.1. The molecule has 0 aliphatic heterocycles. The Morgan fingerprint density at radius 3 is 2.57 bits per heavy atom. The van der Waals surface area contributed by atoms with Crippen molar-refractivity contribution in [1.82, 2.24) is 0 Å². The van der Waals surface area contributed by atoms with Crippen molar-refractivity contribution in [3.8, 4) is 17.6 Å². The van der Waals surface area contributed by atoms with Crippen LogP contribution in [0.1, 0.15) is 18.1 Å². The molecule has 0 saturated carbocycles. The van der Waals surface area contributed by atoms with Crippen molar-refractivity contribution in [3.63, 3.8) is 0 Å². The molecule has 2 aromatic carbocycles. The lowest BCUT2D eigenvalue weighted by molar-refractivity contribution is 0.269. The van der Waals surface area contributed by atoms with Crippen molar-refractivity contribution in [2.45, 2.75) is 13.5 Å². The summed E-state index contributed by atoms with van der Waals surface area (Å²) in [6, 6.07) is 12.8. The number of allylic oxidation sites excluding steroid dienone is 1. The van der Waals surface area contributed by atoms with E-state index < -0.39 is 0 Å². The minimum atomic E-state index is 0.352. The van der Waals surface area contributed by atoms with E-state index >= 15 is 0 Å². The summed E-state index contributed by atoms with van der Waals surface area (Å²) >= 11 is 11.9. The number of halogens is 2. The summed E-state index contributed by atoms with van der Waals surface area (Å²) in [6.45, 7) is 2.78. The van der Waals surface area contributed by atoms with Gasteiger partial charge in [-0.05, 0) is 48.4 Å². The van der Waals surface area contributed by atoms with Crippen LogP contribution in [0.4, 0.5) is 0 Å². The van der Waals surface area contributed by atoms with Crippen LogP contribution in [0.15, 0.2) is 42.5 Å². The van der Waals surface area contributed by atoms with Crippen molar-refractivity contribution in [1.29, 1.82) is 5.26 Å². The molecule has 0 spiro atoms. The highest BCUT2D eigenvalue weighted by atomic mass is 35.5. The monoisotopic (exact) mass is 347 g/mol. The fourth-order valence-electron chi connectivity index (χ4n) is 1.94. The van der Waals surface area contributed by atoms with Gasteiger partial charge in [0.1, 0.15) is 6.61 Å². The summed E-state index contributed by atoms with van der Waals surface area (Å²) < 4.78 is 11.4. The fraction of sp³-hybridized carbons (Fsp3) is 0.167. The van der Waals surface area contributed by atoms with Gasteiger partial charge in [0.15, 0.2) is 11.5 Å². The van der Waals surface area contributed by atoms with E-state index in [-0.39, 0.29) is 0 Å². The van der Waals surface area contributed by atoms with Crippen LogP contribution in [-0.2, 0) is 6.61 Å². The normalized spacial score (nSPS) is 10.5. The molecule has 0 amide bonds. The molecular formula is C18H15Cl2NO2. The van der Waals surface area contributed by atoms with Gasteiger partial charge in [0.25, 0.3) is 0 Å². The highest BCUT2D eigenvalue weighted by molar-refractivity contribution is 6.42. The summed E-state index contributed by atoms with van der Waals surface area (Å²) in [6.07, 6.45) is 3.13. The van der Waals surface area contributed by atoms with Crippen LogP contribution in [0, 0.1) is 11.3 Å². The van der Waals surface area contributed by atoms with Crippen molar-refractivity contribution < 1.29 is 9.47 Å². The van der Waals surface area contributed by atoms with Crippen LogP contribution >= 0.6 is 23.2 Å². The second kappa shape index (κ2) is 8.47. The smallest absolute Gasteiger partial charge is 0.161 e. The van der Waals surface area contributed by atoms with Crippen LogP contribution in [0.5, 0.6) is 11.5 Å². The van der Waals surface area contributed by atoms with Gasteiger partial charge in [-0.15, -0.1) is 0 Å². The highest BCUT2D eigenvalue weighted by Gasteiger charge is 2.07. The van der Waals surface area contributed by atoms with Crippen molar-refractivity contribution in [2.24, 2.45) is 0 Å². The Bertz CT molecular complexity index is 751. The van der Waals surface area contributed by atoms with E-state index in [2.05, 4.69) is 0 Å². The summed E-state index contributed by atoms with van der Waals surface area (Å²) in [5, 5.41) is 9.60. The molecule has 0 N–H and O–H groups in total. The van der Waals surface area contributed by atoms with Crippen LogP contribution < -0.4 is 9.47 Å². The Kier molecular flexibility index (Phi) is 6.34. The number of nitrogens with zero attached hydrogens (tertiary/aromatic N) is 1. The first-order valence-corrected chi connectivity index (χ1v) is 7.79. The lowest BCUT2D eigenvalue weighted by Gasteiger charge is -2.13. The zero-order valence-corrected chi connectivity index (χ0v) is 14.1. The SMILES string of the molecule is CCOc1cc(C=CC#N)ccc1OCc1ccc(Cl)c(Cl)c1. The molecule has 0 atom stereocenters. The highest BCUT2D eigenvalue weighted by Crippen LogP contribution is 2.30. The first kappa shape index (κ1) is 17.2. The predicted octanol–water partition coefficient (Wildman–Crippen LogP) is 5.51. The van der Waals surface area contributed by atoms with Gasteiger partial charge in [-0.2, -0.15) is 5.26 Å². The molecule has 2 aromatic rings. The van der Waals surface area contributed by atoms with E-state index in [9.17, 15) is 0 Å². The average molecular weight is 348 g/mol. The molecule has 5 heteroatoms. The minimum absolute atomic E-state index is 0.352. The zero-order valence-electron chi connectivity index (χ0n) is 12.6. The Hall–Kier alpha value is -2.15. The summed E-state index contributed by atoms with van der Waals surface area (Å²) in [7, 11) is 0. The van der Waals surface area contributed by atoms with Gasteiger partial charge in [0, 0.05) is 6.08 Å². The molecule has 0 aliphatic rings. The minimum Gasteiger partial charge on any atom is -0.490 e. The van der Waals surface area contributed by atoms with Crippen LogP contribution in [0.2, 0.25) is 10.0 Å². The summed E-state index contributed by atoms with van der Waals surface area (Å²) in [5.41, 5.74) is 1.78. The molecule has 0 saturated heterocycles. The molecule has 0 fully saturated rings. The van der Waals surface area contributed by atoms with E-state index in [4.69, 9.17) is 37.9 Å². The molecule has 0 bridgehead atoms. The Morgan fingerprint density at radius 1 is 1.04 bits per heavy atom. The van der Waals surface area contributed by atoms with E-state index in [1.807, 2.05) is 37.3 Å². The van der Waals surface area contributed by atoms with Crippen molar-refractivity contribution in [3.05, 3.63) is 63.6 Å². The zero-order chi connectivity index (χ0) is 16.7. The number of hydrogen-bond donors (Lipinski definition) is 0. The van der Waals surface area contributed by atoms with Gasteiger partial charge in [-0.25, -0.2) is 0 Å². The summed E-state index contributed by atoms with van der Waals surface area (Å²) in [4.78, 5) is 0. The van der Waals surface area contributed by atoms with Crippen molar-refractivity contribution >= 4 is 29.3 Å². The van der Waals surface area contributed by atoms with E-state index in [1.165, 1.54) is 6.08 Å². The predicted molar refractivity (Wildman–Crippen MR) is 93.1 cm³/mol. The second-order valence-corrected chi connectivity index (χ2v) is 5.45. The van der Waals surface area contributed by atoms with Crippen LogP contribution in [-0.4, -0.2) is 6.61 Å². The Labute approximate surface area is 145 Å². The molecule has 3 nitrogen and oxygen atoms in total. The third kappa shape index (κ3) is 4.92.